The number of hydrogen-bond donors (Lipinski definition) is 2. The van der Waals surface area contributed by atoms with Gasteiger partial charge in [-0.15, -0.1) is 0 Å². The van der Waals surface area contributed by atoms with Gasteiger partial charge in [-0.3, -0.25) is 19.1 Å². The maximum Gasteiger partial charge on any atom is 0.326 e. The molecule has 9 heteroatoms. The van der Waals surface area contributed by atoms with Crippen LogP contribution in [0.5, 0.6) is 0 Å². The molecule has 1 aromatic carbocycles. The van der Waals surface area contributed by atoms with Crippen molar-refractivity contribution in [1.29, 1.82) is 0 Å². The highest BCUT2D eigenvalue weighted by Gasteiger charge is 2.55. The van der Waals surface area contributed by atoms with Gasteiger partial charge in [-0.05, 0) is 74.3 Å². The fraction of sp³-hybridized carbons (Fsp3) is 0.667. The number of carbonyl (C=O) groups is 2. The third kappa shape index (κ3) is 4.94. The summed E-state index contributed by atoms with van der Waals surface area (Å²) in [5, 5.41) is 2.25. The van der Waals surface area contributed by atoms with E-state index >= 15 is 0 Å². The van der Waals surface area contributed by atoms with Gasteiger partial charge in [0.05, 0.1) is 17.6 Å². The summed E-state index contributed by atoms with van der Waals surface area (Å²) in [6, 6.07) is 3.18. The molecule has 1 saturated heterocycles. The van der Waals surface area contributed by atoms with Crippen molar-refractivity contribution in [2.75, 3.05) is 40.3 Å². The minimum Gasteiger partial charge on any atom is -0.362 e. The van der Waals surface area contributed by atoms with E-state index in [1.165, 1.54) is 31.7 Å². The van der Waals surface area contributed by atoms with Crippen LogP contribution in [-0.2, 0) is 9.59 Å². The molecule has 2 aliphatic carbocycles. The van der Waals surface area contributed by atoms with Crippen LogP contribution in [0.2, 0.25) is 0 Å². The average molecular weight is 502 g/mol. The minimum atomic E-state index is -0.291. The molecule has 2 heterocycles. The van der Waals surface area contributed by atoms with E-state index in [2.05, 4.69) is 22.1 Å². The monoisotopic (exact) mass is 501 g/mol. The Morgan fingerprint density at radius 2 is 1.92 bits per heavy atom. The van der Waals surface area contributed by atoms with E-state index in [1.807, 2.05) is 11.9 Å². The molecular formula is C27H40FN5O3. The Bertz CT molecular complexity index is 1150. The van der Waals surface area contributed by atoms with Crippen molar-refractivity contribution < 1.29 is 14.0 Å². The van der Waals surface area contributed by atoms with Gasteiger partial charge >= 0.3 is 5.69 Å². The molecule has 0 radical (unpaired) electrons. The topological polar surface area (TPSA) is 90.4 Å². The molecule has 2 amide bonds. The SMILES string of the molecule is CNC=O.Cc1cc2[nH]c(=O)n(C3CCN(CC(=O)N(C)CC4CCC45CCC5C)CC3)c2cc1F. The molecular weight excluding hydrogens is 461 g/mol. The first-order valence-corrected chi connectivity index (χ1v) is 13.2. The number of likely N-dealkylation sites (N-methyl/N-ethyl adjacent to an activating group) is 1. The summed E-state index contributed by atoms with van der Waals surface area (Å²) in [6.45, 7) is 6.93. The standard InChI is InChI=1S/C25H35FN4O2.C2H5NO/c1-16-12-21-22(13-20(16)26)30(24(32)27-21)19-6-10-29(11-7-19)15-23(31)28(3)14-18-5-9-25(18)8-4-17(25)2;1-3-2-4/h12-13,17-19H,4-11,14-15H2,1-3H3,(H,27,32);2H,1H3,(H,3,4). The van der Waals surface area contributed by atoms with Crippen LogP contribution >= 0.6 is 0 Å². The quantitative estimate of drug-likeness (QED) is 0.596. The molecule has 1 spiro atoms. The van der Waals surface area contributed by atoms with Crippen LogP contribution in [0.25, 0.3) is 11.0 Å². The summed E-state index contributed by atoms with van der Waals surface area (Å²) in [6.07, 6.45) is 7.46. The second kappa shape index (κ2) is 10.7. The Morgan fingerprint density at radius 3 is 2.44 bits per heavy atom. The second-order valence-electron chi connectivity index (χ2n) is 11.0. The molecule has 2 N–H and O–H groups in total. The third-order valence-electron chi connectivity index (χ3n) is 9.11. The van der Waals surface area contributed by atoms with Gasteiger partial charge in [-0.1, -0.05) is 6.92 Å². The summed E-state index contributed by atoms with van der Waals surface area (Å²) in [5.74, 6) is 1.39. The number of fused-ring (bicyclic) bond motifs is 1. The number of amides is 2. The van der Waals surface area contributed by atoms with E-state index in [1.54, 1.807) is 24.6 Å². The van der Waals surface area contributed by atoms with Crippen molar-refractivity contribution >= 4 is 23.4 Å². The molecule has 1 aliphatic heterocycles. The predicted molar refractivity (Wildman–Crippen MR) is 138 cm³/mol. The van der Waals surface area contributed by atoms with Crippen molar-refractivity contribution in [3.63, 3.8) is 0 Å². The number of aromatic amines is 1. The Morgan fingerprint density at radius 1 is 1.25 bits per heavy atom. The predicted octanol–water partition coefficient (Wildman–Crippen LogP) is 3.06. The first kappa shape index (κ1) is 26.4. The average Bonchev–Trinajstić information content (AvgIpc) is 3.15. The lowest BCUT2D eigenvalue weighted by Crippen LogP contribution is -2.56. The highest BCUT2D eigenvalue weighted by molar-refractivity contribution is 5.78. The molecule has 0 bridgehead atoms. The van der Waals surface area contributed by atoms with Crippen LogP contribution < -0.4 is 11.0 Å². The molecule has 3 fully saturated rings. The molecule has 3 unspecified atom stereocenters. The molecule has 198 valence electrons. The first-order chi connectivity index (χ1) is 17.2. The van der Waals surface area contributed by atoms with E-state index in [-0.39, 0.29) is 23.5 Å². The van der Waals surface area contributed by atoms with Crippen molar-refractivity contribution in [3.05, 3.63) is 34.0 Å². The molecule has 8 nitrogen and oxygen atoms in total. The Hall–Kier alpha value is -2.68. The summed E-state index contributed by atoms with van der Waals surface area (Å²) in [7, 11) is 3.51. The smallest absolute Gasteiger partial charge is 0.326 e. The number of piperidine rings is 1. The van der Waals surface area contributed by atoms with Crippen LogP contribution in [0.3, 0.4) is 0 Å². The van der Waals surface area contributed by atoms with Gasteiger partial charge in [-0.25, -0.2) is 9.18 Å². The number of hydrogen-bond acceptors (Lipinski definition) is 4. The van der Waals surface area contributed by atoms with Crippen molar-refractivity contribution in [3.8, 4) is 0 Å². The van der Waals surface area contributed by atoms with Gasteiger partial charge in [0, 0.05) is 45.8 Å². The van der Waals surface area contributed by atoms with Crippen molar-refractivity contribution in [1.82, 2.24) is 24.7 Å². The summed E-state index contributed by atoms with van der Waals surface area (Å²) >= 11 is 0. The number of carbonyl (C=O) groups excluding carboxylic acids is 2. The number of nitrogens with one attached hydrogen (secondary N) is 2. The first-order valence-electron chi connectivity index (χ1n) is 13.2. The number of aromatic nitrogens is 2. The van der Waals surface area contributed by atoms with E-state index in [0.717, 1.165) is 38.4 Å². The number of rotatable bonds is 6. The maximum atomic E-state index is 14.1. The van der Waals surface area contributed by atoms with Gasteiger partial charge < -0.3 is 15.2 Å². The number of benzene rings is 1. The Balaban J connectivity index is 0.000000709. The molecule has 3 aliphatic rings. The van der Waals surface area contributed by atoms with Crippen LogP contribution in [0.1, 0.15) is 57.1 Å². The zero-order chi connectivity index (χ0) is 26.0. The largest absolute Gasteiger partial charge is 0.362 e. The van der Waals surface area contributed by atoms with E-state index < -0.39 is 0 Å². The number of aryl methyl sites for hydroxylation is 1. The number of H-pyrrole nitrogens is 1. The Labute approximate surface area is 212 Å². The van der Waals surface area contributed by atoms with Crippen molar-refractivity contribution in [2.24, 2.45) is 17.3 Å². The minimum absolute atomic E-state index is 0.0253. The van der Waals surface area contributed by atoms with Gasteiger partial charge in [-0.2, -0.15) is 0 Å². The summed E-state index contributed by atoms with van der Waals surface area (Å²) in [5.41, 5.74) is 2.19. The van der Waals surface area contributed by atoms with E-state index in [9.17, 15) is 14.0 Å². The number of likely N-dealkylation sites (tertiary alicyclic amines) is 1. The van der Waals surface area contributed by atoms with Gasteiger partial charge in [0.1, 0.15) is 5.82 Å². The Kier molecular flexibility index (Phi) is 7.87. The molecule has 2 saturated carbocycles. The lowest BCUT2D eigenvalue weighted by Gasteiger charge is -2.61. The lowest BCUT2D eigenvalue weighted by atomic mass is 9.45. The van der Waals surface area contributed by atoms with Gasteiger partial charge in [0.2, 0.25) is 12.3 Å². The van der Waals surface area contributed by atoms with Crippen LogP contribution in [0, 0.1) is 30.0 Å². The molecule has 5 rings (SSSR count). The number of nitrogens with zero attached hydrogens (tertiary/aromatic N) is 3. The van der Waals surface area contributed by atoms with E-state index in [0.29, 0.717) is 40.9 Å². The summed E-state index contributed by atoms with van der Waals surface area (Å²) < 4.78 is 15.8. The maximum absolute atomic E-state index is 14.1. The summed E-state index contributed by atoms with van der Waals surface area (Å²) in [4.78, 5) is 41.5. The zero-order valence-corrected chi connectivity index (χ0v) is 22.0. The molecule has 1 aromatic heterocycles. The highest BCUT2D eigenvalue weighted by Crippen LogP contribution is 2.63. The van der Waals surface area contributed by atoms with Gasteiger partial charge in [0.15, 0.2) is 0 Å². The van der Waals surface area contributed by atoms with Crippen molar-refractivity contribution in [2.45, 2.75) is 58.4 Å². The second-order valence-corrected chi connectivity index (χ2v) is 11.0. The van der Waals surface area contributed by atoms with E-state index in [4.69, 9.17) is 4.79 Å². The molecule has 3 atom stereocenters. The highest BCUT2D eigenvalue weighted by atomic mass is 19.1. The normalized spacial score (nSPS) is 26.0. The fourth-order valence-electron chi connectivity index (χ4n) is 6.47. The lowest BCUT2D eigenvalue weighted by molar-refractivity contribution is -0.141. The number of imidazole rings is 1. The third-order valence-corrected chi connectivity index (χ3v) is 9.11. The van der Waals surface area contributed by atoms with Crippen LogP contribution in [0.15, 0.2) is 16.9 Å². The molecule has 36 heavy (non-hydrogen) atoms. The zero-order valence-electron chi connectivity index (χ0n) is 22.0. The molecule has 2 aromatic rings. The van der Waals surface area contributed by atoms with Crippen LogP contribution in [-0.4, -0.2) is 71.9 Å². The fourth-order valence-corrected chi connectivity index (χ4v) is 6.47. The van der Waals surface area contributed by atoms with Gasteiger partial charge in [0.25, 0.3) is 0 Å². The number of halogens is 1. The van der Waals surface area contributed by atoms with Crippen LogP contribution in [0.4, 0.5) is 4.39 Å².